The maximum Gasteiger partial charge on any atom is 0.274 e. The van der Waals surface area contributed by atoms with Crippen LogP contribution in [0.3, 0.4) is 0 Å². The highest BCUT2D eigenvalue weighted by Gasteiger charge is 2.43. The van der Waals surface area contributed by atoms with Gasteiger partial charge in [0.1, 0.15) is 18.1 Å². The lowest BCUT2D eigenvalue weighted by molar-refractivity contribution is -0.135. The average molecular weight is 272 g/mol. The second kappa shape index (κ2) is 4.38. The predicted molar refractivity (Wildman–Crippen MR) is 76.6 cm³/mol. The molecule has 1 heterocycles. The van der Waals surface area contributed by atoms with Crippen LogP contribution in [0.2, 0.25) is 0 Å². The third-order valence-corrected chi connectivity index (χ3v) is 4.63. The molecule has 0 aromatic heterocycles. The van der Waals surface area contributed by atoms with E-state index >= 15 is 0 Å². The Balaban J connectivity index is 2.12. The third kappa shape index (κ3) is 1.77. The van der Waals surface area contributed by atoms with E-state index < -0.39 is 11.4 Å². The lowest BCUT2D eigenvalue weighted by Gasteiger charge is -2.33. The minimum absolute atomic E-state index is 0.713. The maximum atomic E-state index is 11.2. The fourth-order valence-electron chi connectivity index (χ4n) is 3.14. The molecule has 1 atom stereocenters. The van der Waals surface area contributed by atoms with Gasteiger partial charge in [-0.3, -0.25) is 0 Å². The van der Waals surface area contributed by atoms with Crippen LogP contribution in [0.5, 0.6) is 0 Å². The van der Waals surface area contributed by atoms with Crippen LogP contribution < -0.4 is 0 Å². The molecule has 0 fully saturated rings. The van der Waals surface area contributed by atoms with Gasteiger partial charge in [-0.15, -0.1) is 0 Å². The monoisotopic (exact) mass is 272 g/mol. The number of benzene rings is 1. The normalized spacial score (nSPS) is 27.6. The first-order chi connectivity index (χ1) is 9.47. The number of hydrogen-bond acceptors (Lipinski definition) is 3. The van der Waals surface area contributed by atoms with Crippen molar-refractivity contribution in [1.29, 1.82) is 0 Å². The predicted octanol–water partition coefficient (Wildman–Crippen LogP) is 3.70. The Labute approximate surface area is 119 Å². The van der Waals surface area contributed by atoms with E-state index in [9.17, 15) is 5.11 Å². The van der Waals surface area contributed by atoms with E-state index in [1.807, 2.05) is 38.1 Å². The summed E-state index contributed by atoms with van der Waals surface area (Å²) < 4.78 is 11.2. The third-order valence-electron chi connectivity index (χ3n) is 4.63. The van der Waals surface area contributed by atoms with Gasteiger partial charge in [0, 0.05) is 12.5 Å². The molecule has 0 spiro atoms. The molecule has 1 N–H and O–H groups in total. The smallest absolute Gasteiger partial charge is 0.274 e. The standard InChI is InChI=1S/C17H20O3/c1-12-8-9-17(18,13(12)2)15-7-5-4-6-14(15)16(3)19-10-11-20-16/h4-7,10-11,18H,8-9H2,1-3H3. The number of rotatable bonds is 2. The molecular weight excluding hydrogens is 252 g/mol. The summed E-state index contributed by atoms with van der Waals surface area (Å²) in [5.41, 5.74) is 3.14. The van der Waals surface area contributed by atoms with Gasteiger partial charge in [-0.2, -0.15) is 0 Å². The van der Waals surface area contributed by atoms with Crippen LogP contribution in [-0.2, 0) is 20.9 Å². The van der Waals surface area contributed by atoms with Gasteiger partial charge in [0.05, 0.1) is 0 Å². The molecular formula is C17H20O3. The lowest BCUT2D eigenvalue weighted by atomic mass is 9.82. The van der Waals surface area contributed by atoms with Crippen molar-refractivity contribution in [2.24, 2.45) is 0 Å². The summed E-state index contributed by atoms with van der Waals surface area (Å²) in [4.78, 5) is 0. The first-order valence-corrected chi connectivity index (χ1v) is 6.97. The van der Waals surface area contributed by atoms with Gasteiger partial charge < -0.3 is 14.6 Å². The molecule has 0 saturated heterocycles. The molecule has 106 valence electrons. The molecule has 0 bridgehead atoms. The molecule has 0 radical (unpaired) electrons. The van der Waals surface area contributed by atoms with Crippen LogP contribution in [0.25, 0.3) is 0 Å². The molecule has 0 amide bonds. The minimum atomic E-state index is -0.918. The Bertz CT molecular complexity index is 592. The van der Waals surface area contributed by atoms with E-state index in [0.717, 1.165) is 23.1 Å². The average Bonchev–Trinajstić information content (AvgIpc) is 3.01. The van der Waals surface area contributed by atoms with E-state index in [2.05, 4.69) is 6.92 Å². The van der Waals surface area contributed by atoms with Crippen LogP contribution in [0, 0.1) is 0 Å². The van der Waals surface area contributed by atoms with Crippen LogP contribution in [-0.4, -0.2) is 5.11 Å². The zero-order valence-electron chi connectivity index (χ0n) is 12.1. The van der Waals surface area contributed by atoms with Gasteiger partial charge in [0.2, 0.25) is 0 Å². The molecule has 1 aliphatic carbocycles. The van der Waals surface area contributed by atoms with E-state index in [4.69, 9.17) is 9.47 Å². The van der Waals surface area contributed by atoms with Crippen molar-refractivity contribution >= 4 is 0 Å². The van der Waals surface area contributed by atoms with E-state index in [1.165, 1.54) is 5.57 Å². The fourth-order valence-corrected chi connectivity index (χ4v) is 3.14. The second-order valence-electron chi connectivity index (χ2n) is 5.76. The lowest BCUT2D eigenvalue weighted by Crippen LogP contribution is -2.32. The molecule has 20 heavy (non-hydrogen) atoms. The fraction of sp³-hybridized carbons (Fsp3) is 0.412. The van der Waals surface area contributed by atoms with Gasteiger partial charge in [-0.25, -0.2) is 0 Å². The highest BCUT2D eigenvalue weighted by atomic mass is 16.7. The van der Waals surface area contributed by atoms with Crippen LogP contribution in [0.4, 0.5) is 0 Å². The molecule has 2 aliphatic rings. The van der Waals surface area contributed by atoms with Crippen LogP contribution in [0.15, 0.2) is 47.9 Å². The molecule has 3 nitrogen and oxygen atoms in total. The first-order valence-electron chi connectivity index (χ1n) is 6.97. The van der Waals surface area contributed by atoms with Gasteiger partial charge in [0.15, 0.2) is 0 Å². The highest BCUT2D eigenvalue weighted by Crippen LogP contribution is 2.47. The summed E-state index contributed by atoms with van der Waals surface area (Å²) in [5.74, 6) is -0.858. The van der Waals surface area contributed by atoms with Crippen molar-refractivity contribution in [2.45, 2.75) is 45.0 Å². The van der Waals surface area contributed by atoms with Crippen molar-refractivity contribution < 1.29 is 14.6 Å². The van der Waals surface area contributed by atoms with Crippen molar-refractivity contribution in [3.63, 3.8) is 0 Å². The Morgan fingerprint density at radius 2 is 1.65 bits per heavy atom. The molecule has 1 unspecified atom stereocenters. The summed E-state index contributed by atoms with van der Waals surface area (Å²) in [5, 5.41) is 11.2. The topological polar surface area (TPSA) is 38.7 Å². The van der Waals surface area contributed by atoms with Gasteiger partial charge in [-0.1, -0.05) is 29.8 Å². The summed E-state index contributed by atoms with van der Waals surface area (Å²) in [6.45, 7) is 5.97. The quantitative estimate of drug-likeness (QED) is 0.834. The maximum absolute atomic E-state index is 11.2. The van der Waals surface area contributed by atoms with Gasteiger partial charge in [-0.05, 0) is 37.8 Å². The molecule has 1 aromatic rings. The summed E-state index contributed by atoms with van der Waals surface area (Å²) >= 11 is 0. The minimum Gasteiger partial charge on any atom is -0.453 e. The largest absolute Gasteiger partial charge is 0.453 e. The summed E-state index contributed by atoms with van der Waals surface area (Å²) in [7, 11) is 0. The Hall–Kier alpha value is -1.74. The summed E-state index contributed by atoms with van der Waals surface area (Å²) in [6, 6.07) is 7.82. The van der Waals surface area contributed by atoms with Crippen molar-refractivity contribution in [3.05, 3.63) is 59.1 Å². The highest BCUT2D eigenvalue weighted by molar-refractivity contribution is 5.44. The van der Waals surface area contributed by atoms with Crippen molar-refractivity contribution in [2.75, 3.05) is 0 Å². The zero-order valence-corrected chi connectivity index (χ0v) is 12.1. The Morgan fingerprint density at radius 1 is 1.05 bits per heavy atom. The molecule has 1 aromatic carbocycles. The van der Waals surface area contributed by atoms with Crippen LogP contribution >= 0.6 is 0 Å². The van der Waals surface area contributed by atoms with Crippen molar-refractivity contribution in [3.8, 4) is 0 Å². The number of ether oxygens (including phenoxy) is 2. The Morgan fingerprint density at radius 3 is 2.20 bits per heavy atom. The molecule has 3 heteroatoms. The zero-order chi connectivity index (χ0) is 14.4. The van der Waals surface area contributed by atoms with Crippen LogP contribution in [0.1, 0.15) is 44.7 Å². The van der Waals surface area contributed by atoms with E-state index in [1.54, 1.807) is 12.5 Å². The van der Waals surface area contributed by atoms with Gasteiger partial charge >= 0.3 is 0 Å². The van der Waals surface area contributed by atoms with Crippen molar-refractivity contribution in [1.82, 2.24) is 0 Å². The van der Waals surface area contributed by atoms with E-state index in [0.29, 0.717) is 6.42 Å². The second-order valence-corrected chi connectivity index (χ2v) is 5.76. The number of aliphatic hydroxyl groups is 1. The summed E-state index contributed by atoms with van der Waals surface area (Å²) in [6.07, 6.45) is 4.73. The molecule has 0 saturated carbocycles. The number of hydrogen-bond donors (Lipinski definition) is 1. The Kier molecular flexibility index (Phi) is 2.91. The molecule has 3 rings (SSSR count). The first kappa shape index (κ1) is 13.3. The SMILES string of the molecule is CC1=C(C)C(O)(c2ccccc2C2(C)OC=CO2)CC1. The van der Waals surface area contributed by atoms with E-state index in [-0.39, 0.29) is 0 Å². The molecule has 1 aliphatic heterocycles. The number of allylic oxidation sites excluding steroid dienone is 1. The van der Waals surface area contributed by atoms with Gasteiger partial charge in [0.25, 0.3) is 5.79 Å².